The Morgan fingerprint density at radius 3 is 2.38 bits per heavy atom. The monoisotopic (exact) mass is 329 g/mol. The van der Waals surface area contributed by atoms with E-state index in [4.69, 9.17) is 9.47 Å². The number of hydrogen-bond donors (Lipinski definition) is 1. The van der Waals surface area contributed by atoms with Gasteiger partial charge in [0.15, 0.2) is 6.61 Å². The third-order valence-corrected chi connectivity index (χ3v) is 3.11. The van der Waals surface area contributed by atoms with Gasteiger partial charge in [0.25, 0.3) is 5.91 Å². The zero-order chi connectivity index (χ0) is 17.4. The highest BCUT2D eigenvalue weighted by atomic mass is 16.5. The topological polar surface area (TPSA) is 73.9 Å². The van der Waals surface area contributed by atoms with Crippen molar-refractivity contribution in [3.8, 4) is 11.5 Å². The molecule has 0 heterocycles. The Morgan fingerprint density at radius 2 is 1.71 bits per heavy atom. The predicted molar refractivity (Wildman–Crippen MR) is 89.5 cm³/mol. The molecule has 0 saturated carbocycles. The normalized spacial score (nSPS) is 9.92. The van der Waals surface area contributed by atoms with E-state index in [0.717, 1.165) is 0 Å². The molecule has 1 N–H and O–H groups in total. The van der Waals surface area contributed by atoms with Crippen LogP contribution in [0.25, 0.3) is 0 Å². The number of carbonyl (C=O) groups excluding carboxylic acids is 2. The molecule has 0 unspecified atom stereocenters. The van der Waals surface area contributed by atoms with Crippen molar-refractivity contribution in [2.45, 2.75) is 6.92 Å². The number of methoxy groups -OCH3 is 1. The maximum absolute atomic E-state index is 12.0. The number of para-hydroxylation sites is 2. The SMILES string of the molecule is CCOc1ccccc1NC(=O)COc1ccc(C(=O)OC)cc1. The molecule has 0 atom stereocenters. The van der Waals surface area contributed by atoms with Crippen LogP contribution in [0.15, 0.2) is 48.5 Å². The van der Waals surface area contributed by atoms with E-state index in [0.29, 0.717) is 29.4 Å². The third kappa shape index (κ3) is 4.74. The number of amides is 1. The summed E-state index contributed by atoms with van der Waals surface area (Å²) in [5.74, 6) is 0.359. The smallest absolute Gasteiger partial charge is 0.337 e. The summed E-state index contributed by atoms with van der Waals surface area (Å²) in [6.45, 7) is 2.23. The highest BCUT2D eigenvalue weighted by Crippen LogP contribution is 2.23. The van der Waals surface area contributed by atoms with Gasteiger partial charge < -0.3 is 19.5 Å². The second-order valence-electron chi connectivity index (χ2n) is 4.78. The van der Waals surface area contributed by atoms with Crippen LogP contribution in [0.1, 0.15) is 17.3 Å². The lowest BCUT2D eigenvalue weighted by Gasteiger charge is -2.11. The van der Waals surface area contributed by atoms with E-state index in [1.807, 2.05) is 19.1 Å². The van der Waals surface area contributed by atoms with E-state index in [-0.39, 0.29) is 12.5 Å². The molecule has 0 fully saturated rings. The minimum absolute atomic E-state index is 0.155. The largest absolute Gasteiger partial charge is 0.492 e. The zero-order valence-electron chi connectivity index (χ0n) is 13.6. The van der Waals surface area contributed by atoms with Gasteiger partial charge in [0.1, 0.15) is 11.5 Å². The van der Waals surface area contributed by atoms with Crippen molar-refractivity contribution in [3.63, 3.8) is 0 Å². The summed E-state index contributed by atoms with van der Waals surface area (Å²) in [7, 11) is 1.32. The van der Waals surface area contributed by atoms with Gasteiger partial charge in [-0.25, -0.2) is 4.79 Å². The molecule has 0 bridgehead atoms. The van der Waals surface area contributed by atoms with Gasteiger partial charge in [-0.3, -0.25) is 4.79 Å². The summed E-state index contributed by atoms with van der Waals surface area (Å²) in [4.78, 5) is 23.3. The fourth-order valence-corrected chi connectivity index (χ4v) is 1.99. The molecule has 0 saturated heterocycles. The van der Waals surface area contributed by atoms with Gasteiger partial charge in [0, 0.05) is 0 Å². The van der Waals surface area contributed by atoms with Crippen LogP contribution in [0.5, 0.6) is 11.5 Å². The fourth-order valence-electron chi connectivity index (χ4n) is 1.99. The van der Waals surface area contributed by atoms with Crippen LogP contribution >= 0.6 is 0 Å². The van der Waals surface area contributed by atoms with Gasteiger partial charge in [-0.2, -0.15) is 0 Å². The van der Waals surface area contributed by atoms with E-state index >= 15 is 0 Å². The van der Waals surface area contributed by atoms with Gasteiger partial charge >= 0.3 is 5.97 Å². The van der Waals surface area contributed by atoms with E-state index < -0.39 is 5.97 Å². The van der Waals surface area contributed by atoms with Crippen molar-refractivity contribution in [3.05, 3.63) is 54.1 Å². The Kier molecular flexibility index (Phi) is 6.19. The molecule has 2 aromatic rings. The summed E-state index contributed by atoms with van der Waals surface area (Å²) in [5.41, 5.74) is 1.01. The molecule has 2 rings (SSSR count). The average Bonchev–Trinajstić information content (AvgIpc) is 2.61. The molecule has 1 amide bonds. The Labute approximate surface area is 140 Å². The van der Waals surface area contributed by atoms with Crippen molar-refractivity contribution in [2.75, 3.05) is 25.6 Å². The van der Waals surface area contributed by atoms with Gasteiger partial charge in [0.05, 0.1) is 25.0 Å². The Hall–Kier alpha value is -3.02. The Bertz CT molecular complexity index is 697. The van der Waals surface area contributed by atoms with Crippen LogP contribution in [-0.2, 0) is 9.53 Å². The van der Waals surface area contributed by atoms with Gasteiger partial charge in [-0.15, -0.1) is 0 Å². The molecular formula is C18H19NO5. The molecule has 0 aromatic heterocycles. The van der Waals surface area contributed by atoms with Crippen molar-refractivity contribution in [2.24, 2.45) is 0 Å². The molecule has 2 aromatic carbocycles. The molecule has 126 valence electrons. The third-order valence-electron chi connectivity index (χ3n) is 3.11. The standard InChI is InChI=1S/C18H19NO5/c1-3-23-16-7-5-4-6-15(16)19-17(20)12-24-14-10-8-13(9-11-14)18(21)22-2/h4-11H,3,12H2,1-2H3,(H,19,20). The zero-order valence-corrected chi connectivity index (χ0v) is 13.6. The van der Waals surface area contributed by atoms with Crippen LogP contribution in [0, 0.1) is 0 Å². The highest BCUT2D eigenvalue weighted by Gasteiger charge is 2.09. The second-order valence-corrected chi connectivity index (χ2v) is 4.78. The molecule has 0 spiro atoms. The number of benzene rings is 2. The lowest BCUT2D eigenvalue weighted by atomic mass is 10.2. The van der Waals surface area contributed by atoms with Gasteiger partial charge in [-0.05, 0) is 43.3 Å². The summed E-state index contributed by atoms with van der Waals surface area (Å²) >= 11 is 0. The van der Waals surface area contributed by atoms with Crippen LogP contribution < -0.4 is 14.8 Å². The first-order chi connectivity index (χ1) is 11.6. The van der Waals surface area contributed by atoms with E-state index in [9.17, 15) is 9.59 Å². The van der Waals surface area contributed by atoms with Crippen LogP contribution in [-0.4, -0.2) is 32.2 Å². The van der Waals surface area contributed by atoms with Crippen molar-refractivity contribution in [1.82, 2.24) is 0 Å². The first kappa shape index (κ1) is 17.3. The first-order valence-electron chi connectivity index (χ1n) is 7.47. The maximum Gasteiger partial charge on any atom is 0.337 e. The lowest BCUT2D eigenvalue weighted by Crippen LogP contribution is -2.20. The van der Waals surface area contributed by atoms with Crippen molar-refractivity contribution < 1.29 is 23.8 Å². The van der Waals surface area contributed by atoms with Crippen molar-refractivity contribution >= 4 is 17.6 Å². The molecule has 6 heteroatoms. The number of nitrogens with one attached hydrogen (secondary N) is 1. The summed E-state index contributed by atoms with van der Waals surface area (Å²) in [5, 5.41) is 2.74. The number of ether oxygens (including phenoxy) is 3. The fraction of sp³-hybridized carbons (Fsp3) is 0.222. The molecule has 0 aliphatic heterocycles. The minimum Gasteiger partial charge on any atom is -0.492 e. The number of hydrogen-bond acceptors (Lipinski definition) is 5. The first-order valence-corrected chi connectivity index (χ1v) is 7.47. The number of esters is 1. The Morgan fingerprint density at radius 1 is 1.00 bits per heavy atom. The minimum atomic E-state index is -0.424. The summed E-state index contributed by atoms with van der Waals surface area (Å²) < 4.78 is 15.5. The molecule has 6 nitrogen and oxygen atoms in total. The molecule has 0 aliphatic rings. The van der Waals surface area contributed by atoms with Crippen LogP contribution in [0.3, 0.4) is 0 Å². The molecule has 24 heavy (non-hydrogen) atoms. The number of anilines is 1. The van der Waals surface area contributed by atoms with Crippen LogP contribution in [0.4, 0.5) is 5.69 Å². The highest BCUT2D eigenvalue weighted by molar-refractivity contribution is 5.93. The van der Waals surface area contributed by atoms with Crippen molar-refractivity contribution in [1.29, 1.82) is 0 Å². The predicted octanol–water partition coefficient (Wildman–Crippen LogP) is 2.89. The average molecular weight is 329 g/mol. The molecular weight excluding hydrogens is 310 g/mol. The number of rotatable bonds is 7. The maximum atomic E-state index is 12.0. The second kappa shape index (κ2) is 8.57. The van der Waals surface area contributed by atoms with Gasteiger partial charge in [-0.1, -0.05) is 12.1 Å². The van der Waals surface area contributed by atoms with E-state index in [1.54, 1.807) is 36.4 Å². The van der Waals surface area contributed by atoms with E-state index in [1.165, 1.54) is 7.11 Å². The quantitative estimate of drug-likeness (QED) is 0.791. The molecule has 0 aliphatic carbocycles. The lowest BCUT2D eigenvalue weighted by molar-refractivity contribution is -0.118. The summed E-state index contributed by atoms with van der Waals surface area (Å²) in [6, 6.07) is 13.5. The molecule has 0 radical (unpaired) electrons. The number of carbonyl (C=O) groups is 2. The summed E-state index contributed by atoms with van der Waals surface area (Å²) in [6.07, 6.45) is 0. The van der Waals surface area contributed by atoms with Gasteiger partial charge in [0.2, 0.25) is 0 Å². The van der Waals surface area contributed by atoms with Crippen LogP contribution in [0.2, 0.25) is 0 Å². The Balaban J connectivity index is 1.90. The van der Waals surface area contributed by atoms with E-state index in [2.05, 4.69) is 10.1 Å².